The minimum absolute atomic E-state index is 0.307. The fourth-order valence-corrected chi connectivity index (χ4v) is 2.46. The molecule has 0 amide bonds. The van der Waals surface area contributed by atoms with Gasteiger partial charge in [-0.15, -0.1) is 0 Å². The molecule has 5 heteroatoms. The highest BCUT2D eigenvalue weighted by molar-refractivity contribution is 5.78. The number of aryl methyl sites for hydroxylation is 1. The van der Waals surface area contributed by atoms with Crippen LogP contribution in [-0.2, 0) is 7.05 Å². The summed E-state index contributed by atoms with van der Waals surface area (Å²) in [7, 11) is 1.86. The second kappa shape index (κ2) is 4.74. The lowest BCUT2D eigenvalue weighted by Gasteiger charge is -2.19. The number of anilines is 1. The summed E-state index contributed by atoms with van der Waals surface area (Å²) < 4.78 is 12.9. The van der Waals surface area contributed by atoms with Crippen LogP contribution in [0.1, 0.15) is 25.5 Å². The Balaban J connectivity index is 2.13. The smallest absolute Gasteiger partial charge is 0.161 e. The number of fused-ring (bicyclic) bond motifs is 1. The second-order valence-corrected chi connectivity index (χ2v) is 5.28. The van der Waals surface area contributed by atoms with Gasteiger partial charge in [0, 0.05) is 12.6 Å². The molecule has 0 fully saturated rings. The quantitative estimate of drug-likeness (QED) is 0.913. The first-order valence-corrected chi connectivity index (χ1v) is 6.80. The van der Waals surface area contributed by atoms with E-state index < -0.39 is 0 Å². The first-order valence-electron chi connectivity index (χ1n) is 6.80. The minimum Gasteiger partial charge on any atom is -0.486 e. The second-order valence-electron chi connectivity index (χ2n) is 5.28. The Bertz CT molecular complexity index is 647. The van der Waals surface area contributed by atoms with Gasteiger partial charge in [0.25, 0.3) is 0 Å². The van der Waals surface area contributed by atoms with Gasteiger partial charge in [0.05, 0.1) is 5.69 Å². The summed E-state index contributed by atoms with van der Waals surface area (Å²) in [5, 5.41) is 4.52. The van der Waals surface area contributed by atoms with Crippen LogP contribution in [0.15, 0.2) is 18.2 Å². The molecule has 20 heavy (non-hydrogen) atoms. The van der Waals surface area contributed by atoms with Crippen LogP contribution in [0.25, 0.3) is 11.1 Å². The third kappa shape index (κ3) is 1.99. The molecule has 0 bridgehead atoms. The van der Waals surface area contributed by atoms with Crippen LogP contribution in [0.4, 0.5) is 5.82 Å². The predicted molar refractivity (Wildman–Crippen MR) is 78.1 cm³/mol. The van der Waals surface area contributed by atoms with Gasteiger partial charge in [-0.05, 0) is 23.6 Å². The number of hydrogen-bond donors (Lipinski definition) is 1. The number of rotatable bonds is 2. The number of nitrogen functional groups attached to an aromatic ring is 1. The molecule has 0 unspecified atom stereocenters. The molecule has 5 nitrogen and oxygen atoms in total. The molecular formula is C15H19N3O2. The molecule has 1 aliphatic rings. The number of aromatic nitrogens is 2. The van der Waals surface area contributed by atoms with Crippen molar-refractivity contribution in [2.45, 2.75) is 19.8 Å². The van der Waals surface area contributed by atoms with E-state index >= 15 is 0 Å². The van der Waals surface area contributed by atoms with Crippen LogP contribution in [0, 0.1) is 0 Å². The molecule has 0 radical (unpaired) electrons. The topological polar surface area (TPSA) is 62.3 Å². The molecule has 0 spiro atoms. The minimum atomic E-state index is 0.307. The number of benzene rings is 1. The largest absolute Gasteiger partial charge is 0.486 e. The standard InChI is InChI=1S/C15H19N3O2/c1-9(2)14-13(15(16)18(3)17-14)10-4-5-11-12(8-10)20-7-6-19-11/h4-5,8-9H,6-7,16H2,1-3H3. The fourth-order valence-electron chi connectivity index (χ4n) is 2.46. The lowest BCUT2D eigenvalue weighted by molar-refractivity contribution is 0.171. The molecule has 0 saturated heterocycles. The Morgan fingerprint density at radius 1 is 1.20 bits per heavy atom. The number of ether oxygens (including phenoxy) is 2. The molecule has 3 rings (SSSR count). The molecule has 0 aliphatic carbocycles. The van der Waals surface area contributed by atoms with Crippen molar-refractivity contribution in [2.75, 3.05) is 18.9 Å². The predicted octanol–water partition coefficient (Wildman–Crippen LogP) is 2.56. The monoisotopic (exact) mass is 273 g/mol. The van der Waals surface area contributed by atoms with Crippen LogP contribution in [0.5, 0.6) is 11.5 Å². The van der Waals surface area contributed by atoms with Crippen LogP contribution in [0.2, 0.25) is 0 Å². The Kier molecular flexibility index (Phi) is 3.04. The highest BCUT2D eigenvalue weighted by Crippen LogP contribution is 2.39. The lowest BCUT2D eigenvalue weighted by atomic mass is 9.99. The molecule has 0 atom stereocenters. The van der Waals surface area contributed by atoms with E-state index in [1.54, 1.807) is 4.68 Å². The van der Waals surface area contributed by atoms with Crippen molar-refractivity contribution in [3.8, 4) is 22.6 Å². The maximum atomic E-state index is 6.18. The number of nitrogens with two attached hydrogens (primary N) is 1. The zero-order valence-corrected chi connectivity index (χ0v) is 12.0. The number of hydrogen-bond acceptors (Lipinski definition) is 4. The molecular weight excluding hydrogens is 254 g/mol. The van der Waals surface area contributed by atoms with Gasteiger partial charge in [-0.2, -0.15) is 5.10 Å². The Labute approximate surface area is 118 Å². The van der Waals surface area contributed by atoms with Crippen molar-refractivity contribution >= 4 is 5.82 Å². The fraction of sp³-hybridized carbons (Fsp3) is 0.400. The zero-order valence-electron chi connectivity index (χ0n) is 12.0. The van der Waals surface area contributed by atoms with Crippen LogP contribution >= 0.6 is 0 Å². The van der Waals surface area contributed by atoms with E-state index in [9.17, 15) is 0 Å². The van der Waals surface area contributed by atoms with Crippen molar-refractivity contribution in [1.82, 2.24) is 9.78 Å². The van der Waals surface area contributed by atoms with Crippen molar-refractivity contribution in [3.63, 3.8) is 0 Å². The summed E-state index contributed by atoms with van der Waals surface area (Å²) in [6.45, 7) is 5.40. The molecule has 2 N–H and O–H groups in total. The van der Waals surface area contributed by atoms with Crippen molar-refractivity contribution in [2.24, 2.45) is 7.05 Å². The molecule has 0 saturated carbocycles. The van der Waals surface area contributed by atoms with E-state index in [0.717, 1.165) is 28.3 Å². The molecule has 106 valence electrons. The summed E-state index contributed by atoms with van der Waals surface area (Å²) in [5.74, 6) is 2.53. The van der Waals surface area contributed by atoms with Gasteiger partial charge in [-0.25, -0.2) is 0 Å². The summed E-state index contributed by atoms with van der Waals surface area (Å²) in [4.78, 5) is 0. The Hall–Kier alpha value is -2.17. The highest BCUT2D eigenvalue weighted by atomic mass is 16.6. The normalized spacial score (nSPS) is 13.8. The molecule has 1 aromatic heterocycles. The van der Waals surface area contributed by atoms with Gasteiger partial charge in [0.1, 0.15) is 19.0 Å². The van der Waals surface area contributed by atoms with E-state index in [1.807, 2.05) is 25.2 Å². The van der Waals surface area contributed by atoms with Crippen molar-refractivity contribution < 1.29 is 9.47 Å². The average Bonchev–Trinajstić information content (AvgIpc) is 2.75. The third-order valence-electron chi connectivity index (χ3n) is 3.50. The van der Waals surface area contributed by atoms with Crippen LogP contribution in [0.3, 0.4) is 0 Å². The van der Waals surface area contributed by atoms with Gasteiger partial charge < -0.3 is 15.2 Å². The average molecular weight is 273 g/mol. The van der Waals surface area contributed by atoms with Gasteiger partial charge in [0.15, 0.2) is 11.5 Å². The Morgan fingerprint density at radius 3 is 2.60 bits per heavy atom. The summed E-state index contributed by atoms with van der Waals surface area (Å²) in [6.07, 6.45) is 0. The van der Waals surface area contributed by atoms with Gasteiger partial charge in [0.2, 0.25) is 0 Å². The summed E-state index contributed by atoms with van der Waals surface area (Å²) in [6, 6.07) is 5.92. The van der Waals surface area contributed by atoms with E-state index in [2.05, 4.69) is 18.9 Å². The Morgan fingerprint density at radius 2 is 1.90 bits per heavy atom. The maximum Gasteiger partial charge on any atom is 0.161 e. The number of nitrogens with zero attached hydrogens (tertiary/aromatic N) is 2. The van der Waals surface area contributed by atoms with E-state index in [1.165, 1.54) is 0 Å². The van der Waals surface area contributed by atoms with E-state index in [4.69, 9.17) is 15.2 Å². The first kappa shape index (κ1) is 12.8. The van der Waals surface area contributed by atoms with Crippen LogP contribution < -0.4 is 15.2 Å². The molecule has 2 aromatic rings. The van der Waals surface area contributed by atoms with Gasteiger partial charge >= 0.3 is 0 Å². The lowest BCUT2D eigenvalue weighted by Crippen LogP contribution is -2.15. The van der Waals surface area contributed by atoms with Crippen LogP contribution in [-0.4, -0.2) is 23.0 Å². The molecule has 1 aliphatic heterocycles. The SMILES string of the molecule is CC(C)c1nn(C)c(N)c1-c1ccc2c(c1)OCCO2. The molecule has 1 aromatic carbocycles. The van der Waals surface area contributed by atoms with E-state index in [-0.39, 0.29) is 0 Å². The summed E-state index contributed by atoms with van der Waals surface area (Å²) >= 11 is 0. The maximum absolute atomic E-state index is 6.18. The van der Waals surface area contributed by atoms with Gasteiger partial charge in [-0.1, -0.05) is 19.9 Å². The highest BCUT2D eigenvalue weighted by Gasteiger charge is 2.20. The van der Waals surface area contributed by atoms with Crippen molar-refractivity contribution in [3.05, 3.63) is 23.9 Å². The zero-order chi connectivity index (χ0) is 14.3. The molecule has 2 heterocycles. The van der Waals surface area contributed by atoms with Crippen molar-refractivity contribution in [1.29, 1.82) is 0 Å². The first-order chi connectivity index (χ1) is 9.58. The van der Waals surface area contributed by atoms with Gasteiger partial charge in [-0.3, -0.25) is 4.68 Å². The third-order valence-corrected chi connectivity index (χ3v) is 3.50. The summed E-state index contributed by atoms with van der Waals surface area (Å²) in [5.41, 5.74) is 9.18. The van der Waals surface area contributed by atoms with E-state index in [0.29, 0.717) is 24.9 Å².